The molecule has 0 bridgehead atoms. The minimum atomic E-state index is 0.427. The van der Waals surface area contributed by atoms with Crippen molar-refractivity contribution in [3.63, 3.8) is 0 Å². The lowest BCUT2D eigenvalue weighted by Gasteiger charge is -2.08. The Hall–Kier alpha value is -0.0800. The number of nitrogens with one attached hydrogen (secondary N) is 1. The third-order valence-corrected chi connectivity index (χ3v) is 1.64. The van der Waals surface area contributed by atoms with Crippen LogP contribution in [0.1, 0.15) is 19.8 Å². The summed E-state index contributed by atoms with van der Waals surface area (Å²) in [6, 6.07) is 0. The zero-order chi connectivity index (χ0) is 6.04. The van der Waals surface area contributed by atoms with Gasteiger partial charge in [0.15, 0.2) is 0 Å². The van der Waals surface area contributed by atoms with E-state index >= 15 is 0 Å². The first-order valence-corrected chi connectivity index (χ1v) is 3.01. The first kappa shape index (κ1) is 6.05. The second-order valence-electron chi connectivity index (χ2n) is 2.67. The molecule has 1 fully saturated rings. The molecule has 0 aromatic rings. The maximum Gasteiger partial charge on any atom is 0.0965 e. The first-order chi connectivity index (χ1) is 3.77. The minimum absolute atomic E-state index is 0.427. The molecule has 1 N–H and O–H groups in total. The third-order valence-electron chi connectivity index (χ3n) is 1.64. The van der Waals surface area contributed by atoms with Crippen molar-refractivity contribution in [3.05, 3.63) is 0 Å². The van der Waals surface area contributed by atoms with Gasteiger partial charge in [-0.3, -0.25) is 5.32 Å². The van der Waals surface area contributed by atoms with Crippen LogP contribution in [0.5, 0.6) is 0 Å². The lowest BCUT2D eigenvalue weighted by Crippen LogP contribution is -2.29. The molecule has 48 valence electrons. The molecule has 8 heavy (non-hydrogen) atoms. The second-order valence-corrected chi connectivity index (χ2v) is 2.67. The summed E-state index contributed by atoms with van der Waals surface area (Å²) in [6.07, 6.45) is 2.60. The molecular formula is C6H13NO. The number of rotatable bonds is 3. The van der Waals surface area contributed by atoms with Crippen LogP contribution in [0.25, 0.3) is 0 Å². The molecule has 1 aliphatic rings. The zero-order valence-electron chi connectivity index (χ0n) is 5.53. The fourth-order valence-corrected chi connectivity index (χ4v) is 0.611. The highest BCUT2D eigenvalue weighted by molar-refractivity contribution is 4.96. The van der Waals surface area contributed by atoms with Crippen molar-refractivity contribution >= 4 is 0 Å². The quantitative estimate of drug-likeness (QED) is 0.547. The van der Waals surface area contributed by atoms with E-state index < -0.39 is 0 Å². The van der Waals surface area contributed by atoms with E-state index in [-0.39, 0.29) is 0 Å². The molecule has 0 aliphatic heterocycles. The number of ether oxygens (including phenoxy) is 1. The predicted molar refractivity (Wildman–Crippen MR) is 32.7 cm³/mol. The molecule has 1 rings (SSSR count). The van der Waals surface area contributed by atoms with Gasteiger partial charge in [-0.25, -0.2) is 0 Å². The summed E-state index contributed by atoms with van der Waals surface area (Å²) in [7, 11) is 1.71. The average molecular weight is 115 g/mol. The van der Waals surface area contributed by atoms with Gasteiger partial charge in [0.25, 0.3) is 0 Å². The van der Waals surface area contributed by atoms with E-state index in [1.54, 1.807) is 7.11 Å². The fourth-order valence-electron chi connectivity index (χ4n) is 0.611. The number of methoxy groups -OCH3 is 1. The van der Waals surface area contributed by atoms with Crippen LogP contribution in [0.2, 0.25) is 0 Å². The summed E-state index contributed by atoms with van der Waals surface area (Å²) < 4.78 is 4.85. The average Bonchev–Trinajstić information content (AvgIpc) is 2.45. The molecule has 2 heteroatoms. The Morgan fingerprint density at radius 3 is 2.62 bits per heavy atom. The maximum atomic E-state index is 4.85. The molecule has 0 saturated heterocycles. The maximum absolute atomic E-state index is 4.85. The normalized spacial score (nSPS) is 23.2. The van der Waals surface area contributed by atoms with Gasteiger partial charge >= 0.3 is 0 Å². The SMILES string of the molecule is COCNC1(C)CC1. The Balaban J connectivity index is 2.01. The van der Waals surface area contributed by atoms with Crippen LogP contribution in [-0.4, -0.2) is 19.4 Å². The molecule has 0 unspecified atom stereocenters. The van der Waals surface area contributed by atoms with Crippen molar-refractivity contribution in [3.8, 4) is 0 Å². The number of hydrogen-bond donors (Lipinski definition) is 1. The van der Waals surface area contributed by atoms with Crippen LogP contribution in [0.15, 0.2) is 0 Å². The van der Waals surface area contributed by atoms with Crippen molar-refractivity contribution < 1.29 is 4.74 Å². The molecule has 0 atom stereocenters. The smallest absolute Gasteiger partial charge is 0.0965 e. The largest absolute Gasteiger partial charge is 0.370 e. The van der Waals surface area contributed by atoms with Gasteiger partial charge in [0.05, 0.1) is 6.73 Å². The lowest BCUT2D eigenvalue weighted by atomic mass is 10.3. The Morgan fingerprint density at radius 2 is 2.25 bits per heavy atom. The van der Waals surface area contributed by atoms with Crippen molar-refractivity contribution in [2.45, 2.75) is 25.3 Å². The van der Waals surface area contributed by atoms with Crippen LogP contribution < -0.4 is 5.32 Å². The second kappa shape index (κ2) is 2.03. The standard InChI is InChI=1S/C6H13NO/c1-6(3-4-6)7-5-8-2/h7H,3-5H2,1-2H3. The third kappa shape index (κ3) is 1.46. The zero-order valence-corrected chi connectivity index (χ0v) is 5.53. The molecule has 0 aromatic carbocycles. The van der Waals surface area contributed by atoms with Crippen LogP contribution in [0, 0.1) is 0 Å². The topological polar surface area (TPSA) is 21.3 Å². The van der Waals surface area contributed by atoms with Gasteiger partial charge in [0.1, 0.15) is 0 Å². The van der Waals surface area contributed by atoms with E-state index in [1.165, 1.54) is 12.8 Å². The highest BCUT2D eigenvalue weighted by atomic mass is 16.5. The van der Waals surface area contributed by atoms with Crippen molar-refractivity contribution in [2.24, 2.45) is 0 Å². The molecule has 0 aromatic heterocycles. The summed E-state index contributed by atoms with van der Waals surface area (Å²) in [4.78, 5) is 0. The van der Waals surface area contributed by atoms with E-state index in [4.69, 9.17) is 4.74 Å². The van der Waals surface area contributed by atoms with Crippen molar-refractivity contribution in [2.75, 3.05) is 13.8 Å². The Bertz CT molecular complexity index is 78.6. The summed E-state index contributed by atoms with van der Waals surface area (Å²) in [5, 5.41) is 3.26. The Labute approximate surface area is 50.2 Å². The Morgan fingerprint density at radius 1 is 1.62 bits per heavy atom. The van der Waals surface area contributed by atoms with E-state index in [1.807, 2.05) is 0 Å². The summed E-state index contributed by atoms with van der Waals surface area (Å²) in [6.45, 7) is 2.91. The van der Waals surface area contributed by atoms with Gasteiger partial charge in [-0.2, -0.15) is 0 Å². The highest BCUT2D eigenvalue weighted by Gasteiger charge is 2.36. The van der Waals surface area contributed by atoms with E-state index in [2.05, 4.69) is 12.2 Å². The molecular weight excluding hydrogens is 102 g/mol. The van der Waals surface area contributed by atoms with E-state index in [9.17, 15) is 0 Å². The summed E-state index contributed by atoms with van der Waals surface area (Å²) >= 11 is 0. The van der Waals surface area contributed by atoms with Crippen LogP contribution in [0.4, 0.5) is 0 Å². The molecule has 1 aliphatic carbocycles. The van der Waals surface area contributed by atoms with Gasteiger partial charge in [0, 0.05) is 12.6 Å². The monoisotopic (exact) mass is 115 g/mol. The molecule has 0 heterocycles. The van der Waals surface area contributed by atoms with Crippen molar-refractivity contribution in [1.82, 2.24) is 5.32 Å². The molecule has 1 saturated carbocycles. The number of hydrogen-bond acceptors (Lipinski definition) is 2. The van der Waals surface area contributed by atoms with Gasteiger partial charge in [0.2, 0.25) is 0 Å². The van der Waals surface area contributed by atoms with Crippen LogP contribution >= 0.6 is 0 Å². The van der Waals surface area contributed by atoms with Gasteiger partial charge in [-0.05, 0) is 19.8 Å². The molecule has 2 nitrogen and oxygen atoms in total. The van der Waals surface area contributed by atoms with Crippen LogP contribution in [-0.2, 0) is 4.74 Å². The van der Waals surface area contributed by atoms with Gasteiger partial charge in [-0.1, -0.05) is 0 Å². The van der Waals surface area contributed by atoms with Crippen LogP contribution in [0.3, 0.4) is 0 Å². The first-order valence-electron chi connectivity index (χ1n) is 3.01. The molecule has 0 spiro atoms. The molecule has 0 radical (unpaired) electrons. The summed E-state index contributed by atoms with van der Waals surface area (Å²) in [5.41, 5.74) is 0.427. The highest BCUT2D eigenvalue weighted by Crippen LogP contribution is 2.33. The van der Waals surface area contributed by atoms with Crippen molar-refractivity contribution in [1.29, 1.82) is 0 Å². The van der Waals surface area contributed by atoms with E-state index in [0.717, 1.165) is 0 Å². The molecule has 0 amide bonds. The lowest BCUT2D eigenvalue weighted by molar-refractivity contribution is 0.162. The van der Waals surface area contributed by atoms with Gasteiger partial charge in [-0.15, -0.1) is 0 Å². The summed E-state index contributed by atoms with van der Waals surface area (Å²) in [5.74, 6) is 0. The van der Waals surface area contributed by atoms with Gasteiger partial charge < -0.3 is 4.74 Å². The van der Waals surface area contributed by atoms with E-state index in [0.29, 0.717) is 12.3 Å². The minimum Gasteiger partial charge on any atom is -0.370 e. The Kier molecular flexibility index (Phi) is 1.54. The fraction of sp³-hybridized carbons (Fsp3) is 1.00. The predicted octanol–water partition coefficient (Wildman–Crippen LogP) is 0.732.